The monoisotopic (exact) mass is 285 g/mol. The van der Waals surface area contributed by atoms with Crippen molar-refractivity contribution in [3.8, 4) is 16.9 Å². The molecular formula is C17H16FNO2. The Balaban J connectivity index is 1.91. The van der Waals surface area contributed by atoms with E-state index < -0.39 is 5.82 Å². The highest BCUT2D eigenvalue weighted by Crippen LogP contribution is 2.30. The lowest BCUT2D eigenvalue weighted by Crippen LogP contribution is -2.23. The topological polar surface area (TPSA) is 40.5 Å². The molecule has 1 N–H and O–H groups in total. The van der Waals surface area contributed by atoms with Gasteiger partial charge in [0.15, 0.2) is 11.6 Å². The first-order chi connectivity index (χ1) is 10.1. The zero-order valence-electron chi connectivity index (χ0n) is 11.8. The fourth-order valence-electron chi connectivity index (χ4n) is 2.67. The fraction of sp³-hybridized carbons (Fsp3) is 0.235. The molecule has 0 bridgehead atoms. The lowest BCUT2D eigenvalue weighted by molar-refractivity contribution is -0.131. The molecule has 2 aromatic carbocycles. The minimum absolute atomic E-state index is 0.146. The average Bonchev–Trinajstić information content (AvgIpc) is 2.92. The Hall–Kier alpha value is -2.36. The van der Waals surface area contributed by atoms with Gasteiger partial charge in [0.2, 0.25) is 5.91 Å². The maximum atomic E-state index is 13.1. The van der Waals surface area contributed by atoms with Crippen LogP contribution >= 0.6 is 0 Å². The first-order valence-electron chi connectivity index (χ1n) is 6.97. The summed E-state index contributed by atoms with van der Waals surface area (Å²) in [4.78, 5) is 13.6. The molecule has 0 radical (unpaired) electrons. The highest BCUT2D eigenvalue weighted by Gasteiger charge is 2.22. The van der Waals surface area contributed by atoms with E-state index in [0.717, 1.165) is 22.3 Å². The van der Waals surface area contributed by atoms with Crippen LogP contribution in [0.4, 0.5) is 4.39 Å². The summed E-state index contributed by atoms with van der Waals surface area (Å²) < 4.78 is 13.1. The van der Waals surface area contributed by atoms with Crippen LogP contribution < -0.4 is 0 Å². The summed E-state index contributed by atoms with van der Waals surface area (Å²) in [7, 11) is 0. The molecule has 2 aromatic rings. The van der Waals surface area contributed by atoms with E-state index in [1.165, 1.54) is 12.1 Å². The van der Waals surface area contributed by atoms with Gasteiger partial charge in [-0.15, -0.1) is 0 Å². The van der Waals surface area contributed by atoms with Crippen molar-refractivity contribution < 1.29 is 14.3 Å². The summed E-state index contributed by atoms with van der Waals surface area (Å²) in [6.07, 6.45) is 0.507. The Kier molecular flexibility index (Phi) is 3.37. The van der Waals surface area contributed by atoms with Gasteiger partial charge in [-0.3, -0.25) is 4.79 Å². The third-order valence-electron chi connectivity index (χ3n) is 3.86. The molecule has 0 spiro atoms. The van der Waals surface area contributed by atoms with Crippen molar-refractivity contribution in [2.24, 2.45) is 0 Å². The van der Waals surface area contributed by atoms with E-state index in [0.29, 0.717) is 19.5 Å². The number of nitrogens with zero attached hydrogens (tertiary/aromatic N) is 1. The number of rotatable bonds is 2. The lowest BCUT2D eigenvalue weighted by atomic mass is 10.0. The van der Waals surface area contributed by atoms with Crippen LogP contribution in [-0.4, -0.2) is 15.9 Å². The molecule has 0 aliphatic carbocycles. The van der Waals surface area contributed by atoms with Gasteiger partial charge in [0.05, 0.1) is 0 Å². The summed E-state index contributed by atoms with van der Waals surface area (Å²) in [6, 6.07) is 10.2. The minimum atomic E-state index is -0.625. The molecule has 1 aliphatic rings. The highest BCUT2D eigenvalue weighted by atomic mass is 19.1. The summed E-state index contributed by atoms with van der Waals surface area (Å²) in [5.74, 6) is -0.831. The van der Waals surface area contributed by atoms with E-state index in [4.69, 9.17) is 0 Å². The van der Waals surface area contributed by atoms with Crippen molar-refractivity contribution in [3.05, 3.63) is 53.3 Å². The van der Waals surface area contributed by atoms with E-state index in [-0.39, 0.29) is 11.7 Å². The van der Waals surface area contributed by atoms with Crippen LogP contribution in [0.2, 0.25) is 0 Å². The maximum Gasteiger partial charge on any atom is 0.222 e. The second kappa shape index (κ2) is 5.20. The minimum Gasteiger partial charge on any atom is -0.505 e. The molecule has 0 unspecified atom stereocenters. The van der Waals surface area contributed by atoms with Gasteiger partial charge in [0, 0.05) is 19.5 Å². The summed E-state index contributed by atoms with van der Waals surface area (Å²) in [6.45, 7) is 3.12. The molecule has 21 heavy (non-hydrogen) atoms. The van der Waals surface area contributed by atoms with Gasteiger partial charge in [-0.25, -0.2) is 4.39 Å². The van der Waals surface area contributed by atoms with Crippen LogP contribution in [0.5, 0.6) is 5.75 Å². The van der Waals surface area contributed by atoms with E-state index in [9.17, 15) is 14.3 Å². The first kappa shape index (κ1) is 13.6. The third kappa shape index (κ3) is 2.49. The molecule has 4 heteroatoms. The van der Waals surface area contributed by atoms with E-state index in [2.05, 4.69) is 0 Å². The molecule has 1 amide bonds. The van der Waals surface area contributed by atoms with Gasteiger partial charge in [0.1, 0.15) is 0 Å². The smallest absolute Gasteiger partial charge is 0.222 e. The zero-order chi connectivity index (χ0) is 15.0. The van der Waals surface area contributed by atoms with E-state index >= 15 is 0 Å². The summed E-state index contributed by atoms with van der Waals surface area (Å²) in [5, 5.41) is 9.47. The molecule has 3 nitrogen and oxygen atoms in total. The number of carbonyl (C=O) groups excluding carboxylic acids is 1. The predicted molar refractivity (Wildman–Crippen MR) is 78.0 cm³/mol. The number of hydrogen-bond acceptors (Lipinski definition) is 2. The number of phenols is 1. The van der Waals surface area contributed by atoms with Crippen molar-refractivity contribution in [3.63, 3.8) is 0 Å². The second-order valence-electron chi connectivity index (χ2n) is 5.25. The largest absolute Gasteiger partial charge is 0.505 e. The van der Waals surface area contributed by atoms with Crippen LogP contribution in [0.1, 0.15) is 24.5 Å². The Bertz CT molecular complexity index is 712. The maximum absolute atomic E-state index is 13.1. The molecule has 108 valence electrons. The second-order valence-corrected chi connectivity index (χ2v) is 5.25. The van der Waals surface area contributed by atoms with Crippen LogP contribution in [-0.2, 0) is 17.9 Å². The highest BCUT2D eigenvalue weighted by molar-refractivity contribution is 5.77. The van der Waals surface area contributed by atoms with Crippen molar-refractivity contribution in [2.45, 2.75) is 26.4 Å². The average molecular weight is 285 g/mol. The van der Waals surface area contributed by atoms with Gasteiger partial charge in [-0.2, -0.15) is 0 Å². The van der Waals surface area contributed by atoms with Crippen molar-refractivity contribution in [1.82, 2.24) is 4.90 Å². The van der Waals surface area contributed by atoms with Crippen LogP contribution in [0, 0.1) is 5.82 Å². The predicted octanol–water partition coefficient (Wildman–Crippen LogP) is 3.45. The lowest BCUT2D eigenvalue weighted by Gasteiger charge is -2.13. The van der Waals surface area contributed by atoms with Gasteiger partial charge < -0.3 is 10.0 Å². The van der Waals surface area contributed by atoms with Gasteiger partial charge in [0.25, 0.3) is 0 Å². The standard InChI is InChI=1S/C17H16FNO2/c1-2-17(21)19-9-13-4-3-11(7-14(13)10-19)12-5-6-15(18)16(20)8-12/h3-8,20H,2,9-10H2,1H3. The number of fused-ring (bicyclic) bond motifs is 1. The molecule has 0 saturated carbocycles. The van der Waals surface area contributed by atoms with Crippen LogP contribution in [0.15, 0.2) is 36.4 Å². The fourth-order valence-corrected chi connectivity index (χ4v) is 2.67. The number of carbonyl (C=O) groups is 1. The molecule has 1 aliphatic heterocycles. The molecule has 1 heterocycles. The molecule has 0 aromatic heterocycles. The third-order valence-corrected chi connectivity index (χ3v) is 3.86. The van der Waals surface area contributed by atoms with Gasteiger partial charge >= 0.3 is 0 Å². The van der Waals surface area contributed by atoms with Gasteiger partial charge in [-0.05, 0) is 40.5 Å². The number of phenolic OH excluding ortho intramolecular Hbond substituents is 1. The number of hydrogen-bond donors (Lipinski definition) is 1. The van der Waals surface area contributed by atoms with Crippen molar-refractivity contribution >= 4 is 5.91 Å². The number of amides is 1. The molecule has 0 atom stereocenters. The van der Waals surface area contributed by atoms with Gasteiger partial charge in [-0.1, -0.05) is 25.1 Å². The van der Waals surface area contributed by atoms with Crippen LogP contribution in [0.3, 0.4) is 0 Å². The zero-order valence-corrected chi connectivity index (χ0v) is 11.8. The normalized spacial score (nSPS) is 13.3. The Morgan fingerprint density at radius 3 is 2.52 bits per heavy atom. The molecular weight excluding hydrogens is 269 g/mol. The first-order valence-corrected chi connectivity index (χ1v) is 6.97. The SMILES string of the molecule is CCC(=O)N1Cc2ccc(-c3ccc(F)c(O)c3)cc2C1. The van der Waals surface area contributed by atoms with E-state index in [1.807, 2.05) is 30.0 Å². The summed E-state index contributed by atoms with van der Waals surface area (Å²) >= 11 is 0. The Morgan fingerprint density at radius 1 is 1.14 bits per heavy atom. The molecule has 0 fully saturated rings. The molecule has 3 rings (SSSR count). The van der Waals surface area contributed by atoms with Crippen molar-refractivity contribution in [2.75, 3.05) is 0 Å². The number of aromatic hydroxyl groups is 1. The Labute approximate surface area is 122 Å². The van der Waals surface area contributed by atoms with Crippen LogP contribution in [0.25, 0.3) is 11.1 Å². The quantitative estimate of drug-likeness (QED) is 0.918. The molecule has 0 saturated heterocycles. The Morgan fingerprint density at radius 2 is 1.81 bits per heavy atom. The van der Waals surface area contributed by atoms with Crippen molar-refractivity contribution in [1.29, 1.82) is 0 Å². The van der Waals surface area contributed by atoms with E-state index in [1.54, 1.807) is 6.07 Å². The summed E-state index contributed by atoms with van der Waals surface area (Å²) in [5.41, 5.74) is 3.93. The number of halogens is 1. The number of benzene rings is 2.